The largest absolute Gasteiger partial charge is 0.399 e. The van der Waals surface area contributed by atoms with Crippen LogP contribution in [-0.2, 0) is 5.79 Å². The molecule has 2 aromatic carbocycles. The van der Waals surface area contributed by atoms with Crippen molar-refractivity contribution in [2.45, 2.75) is 50.7 Å². The van der Waals surface area contributed by atoms with Crippen LogP contribution in [0.3, 0.4) is 0 Å². The first kappa shape index (κ1) is 18.3. The molecule has 0 amide bonds. The highest BCUT2D eigenvalue weighted by Gasteiger charge is 2.37. The monoisotopic (exact) mass is 328 g/mol. The summed E-state index contributed by atoms with van der Waals surface area (Å²) in [5.41, 5.74) is 14.1. The van der Waals surface area contributed by atoms with Crippen LogP contribution in [0.2, 0.25) is 0 Å². The van der Waals surface area contributed by atoms with Crippen LogP contribution >= 0.6 is 0 Å². The molecule has 0 fully saturated rings. The first-order chi connectivity index (χ1) is 11.4. The van der Waals surface area contributed by atoms with E-state index in [1.54, 1.807) is 36.4 Å². The van der Waals surface area contributed by atoms with Gasteiger partial charge < -0.3 is 21.7 Å². The molecule has 130 valence electrons. The van der Waals surface area contributed by atoms with E-state index >= 15 is 0 Å². The molecule has 2 rings (SSSR count). The fraction of sp³-hybridized carbons (Fsp3) is 0.400. The van der Waals surface area contributed by atoms with Crippen LogP contribution in [0.15, 0.2) is 48.5 Å². The summed E-state index contributed by atoms with van der Waals surface area (Å²) in [7, 11) is 0. The van der Waals surface area contributed by atoms with E-state index in [4.69, 9.17) is 11.5 Å². The highest BCUT2D eigenvalue weighted by Crippen LogP contribution is 2.39. The van der Waals surface area contributed by atoms with Gasteiger partial charge in [0.25, 0.3) is 0 Å². The lowest BCUT2D eigenvalue weighted by molar-refractivity contribution is -0.190. The SMILES string of the molecule is CCCCCCC(c1ccc(N)cc1)C(O)(O)c1ccc(N)cc1. The van der Waals surface area contributed by atoms with Crippen LogP contribution in [0, 0.1) is 0 Å². The van der Waals surface area contributed by atoms with E-state index in [9.17, 15) is 10.2 Å². The molecular formula is C20H28N2O2. The van der Waals surface area contributed by atoms with Crippen LogP contribution in [0.4, 0.5) is 11.4 Å². The minimum Gasteiger partial charge on any atom is -0.399 e. The Bertz CT molecular complexity index is 621. The third-order valence-electron chi connectivity index (χ3n) is 4.51. The van der Waals surface area contributed by atoms with Crippen molar-refractivity contribution in [3.05, 3.63) is 59.7 Å². The standard InChI is InChI=1S/C20H28N2O2/c1-2-3-4-5-6-19(15-7-11-17(21)12-8-15)20(23,24)16-9-13-18(22)14-10-16/h7-14,19,23-24H,2-6,21-22H2,1H3. The van der Waals surface area contributed by atoms with Crippen molar-refractivity contribution in [2.75, 3.05) is 11.5 Å². The summed E-state index contributed by atoms with van der Waals surface area (Å²) in [4.78, 5) is 0. The Morgan fingerprint density at radius 2 is 1.38 bits per heavy atom. The van der Waals surface area contributed by atoms with E-state index in [0.29, 0.717) is 23.4 Å². The Kier molecular flexibility index (Phi) is 6.23. The molecule has 0 aromatic heterocycles. The molecule has 4 nitrogen and oxygen atoms in total. The molecule has 0 saturated carbocycles. The van der Waals surface area contributed by atoms with Gasteiger partial charge in [0.1, 0.15) is 0 Å². The second-order valence-corrected chi connectivity index (χ2v) is 6.42. The summed E-state index contributed by atoms with van der Waals surface area (Å²) in [6, 6.07) is 14.1. The number of unbranched alkanes of at least 4 members (excludes halogenated alkanes) is 3. The molecule has 0 spiro atoms. The van der Waals surface area contributed by atoms with Crippen molar-refractivity contribution in [1.82, 2.24) is 0 Å². The van der Waals surface area contributed by atoms with Gasteiger partial charge in [-0.05, 0) is 36.2 Å². The van der Waals surface area contributed by atoms with Gasteiger partial charge in [-0.2, -0.15) is 0 Å². The zero-order valence-electron chi connectivity index (χ0n) is 14.3. The van der Waals surface area contributed by atoms with Gasteiger partial charge in [-0.25, -0.2) is 0 Å². The van der Waals surface area contributed by atoms with E-state index in [1.807, 2.05) is 12.1 Å². The molecule has 2 aromatic rings. The predicted molar refractivity (Wildman–Crippen MR) is 99.3 cm³/mol. The van der Waals surface area contributed by atoms with Crippen molar-refractivity contribution < 1.29 is 10.2 Å². The number of nitrogen functional groups attached to an aromatic ring is 2. The molecule has 0 aliphatic rings. The zero-order chi connectivity index (χ0) is 17.6. The Hall–Kier alpha value is -2.04. The van der Waals surface area contributed by atoms with Gasteiger partial charge in [0, 0.05) is 22.9 Å². The van der Waals surface area contributed by atoms with E-state index in [0.717, 1.165) is 31.2 Å². The molecule has 0 aliphatic heterocycles. The maximum atomic E-state index is 10.9. The molecule has 0 saturated heterocycles. The molecule has 1 unspecified atom stereocenters. The van der Waals surface area contributed by atoms with Gasteiger partial charge in [0.2, 0.25) is 0 Å². The third-order valence-corrected chi connectivity index (χ3v) is 4.51. The lowest BCUT2D eigenvalue weighted by Gasteiger charge is -2.32. The summed E-state index contributed by atoms with van der Waals surface area (Å²) in [5, 5.41) is 21.8. The summed E-state index contributed by atoms with van der Waals surface area (Å²) in [6.07, 6.45) is 5.02. The highest BCUT2D eigenvalue weighted by atomic mass is 16.5. The third kappa shape index (κ3) is 4.49. The number of benzene rings is 2. The Balaban J connectivity index is 2.28. The Morgan fingerprint density at radius 3 is 1.92 bits per heavy atom. The number of nitrogens with two attached hydrogens (primary N) is 2. The maximum absolute atomic E-state index is 10.9. The van der Waals surface area contributed by atoms with Gasteiger partial charge in [-0.1, -0.05) is 56.9 Å². The number of aliphatic hydroxyl groups is 2. The predicted octanol–water partition coefficient (Wildman–Crippen LogP) is 3.74. The summed E-state index contributed by atoms with van der Waals surface area (Å²) in [5.74, 6) is -2.37. The van der Waals surface area contributed by atoms with Crippen molar-refractivity contribution in [2.24, 2.45) is 0 Å². The average Bonchev–Trinajstić information content (AvgIpc) is 2.56. The summed E-state index contributed by atoms with van der Waals surface area (Å²) < 4.78 is 0. The molecule has 24 heavy (non-hydrogen) atoms. The van der Waals surface area contributed by atoms with Gasteiger partial charge in [0.05, 0.1) is 0 Å². The summed E-state index contributed by atoms with van der Waals surface area (Å²) in [6.45, 7) is 2.16. The molecule has 0 aliphatic carbocycles. The molecule has 6 N–H and O–H groups in total. The van der Waals surface area contributed by atoms with Crippen LogP contribution < -0.4 is 11.5 Å². The van der Waals surface area contributed by atoms with Gasteiger partial charge in [-0.15, -0.1) is 0 Å². The molecule has 0 radical (unpaired) electrons. The number of hydrogen-bond acceptors (Lipinski definition) is 4. The van der Waals surface area contributed by atoms with Crippen LogP contribution in [-0.4, -0.2) is 10.2 Å². The van der Waals surface area contributed by atoms with Gasteiger partial charge >= 0.3 is 0 Å². The van der Waals surface area contributed by atoms with E-state index in [1.165, 1.54) is 0 Å². The molecule has 0 bridgehead atoms. The molecule has 4 heteroatoms. The van der Waals surface area contributed by atoms with Crippen LogP contribution in [0.1, 0.15) is 56.1 Å². The normalized spacial score (nSPS) is 13.0. The molecule has 1 atom stereocenters. The zero-order valence-corrected chi connectivity index (χ0v) is 14.3. The van der Waals surface area contributed by atoms with E-state index < -0.39 is 11.7 Å². The fourth-order valence-corrected chi connectivity index (χ4v) is 3.03. The summed E-state index contributed by atoms with van der Waals surface area (Å²) >= 11 is 0. The van der Waals surface area contributed by atoms with Gasteiger partial charge in [0.15, 0.2) is 5.79 Å². The Labute approximate surface area is 144 Å². The topological polar surface area (TPSA) is 92.5 Å². The minimum absolute atomic E-state index is 0.418. The van der Waals surface area contributed by atoms with Crippen molar-refractivity contribution in [3.63, 3.8) is 0 Å². The second kappa shape index (κ2) is 8.18. The van der Waals surface area contributed by atoms with Crippen molar-refractivity contribution >= 4 is 11.4 Å². The highest BCUT2D eigenvalue weighted by molar-refractivity contribution is 5.43. The average molecular weight is 328 g/mol. The molecular weight excluding hydrogens is 300 g/mol. The lowest BCUT2D eigenvalue weighted by atomic mass is 9.82. The first-order valence-electron chi connectivity index (χ1n) is 8.61. The quantitative estimate of drug-likeness (QED) is 0.337. The number of anilines is 2. The van der Waals surface area contributed by atoms with Gasteiger partial charge in [-0.3, -0.25) is 0 Å². The first-order valence-corrected chi connectivity index (χ1v) is 8.61. The van der Waals surface area contributed by atoms with Crippen molar-refractivity contribution in [1.29, 1.82) is 0 Å². The van der Waals surface area contributed by atoms with Crippen LogP contribution in [0.25, 0.3) is 0 Å². The van der Waals surface area contributed by atoms with E-state index in [-0.39, 0.29) is 0 Å². The minimum atomic E-state index is -1.95. The second-order valence-electron chi connectivity index (χ2n) is 6.42. The smallest absolute Gasteiger partial charge is 0.196 e. The van der Waals surface area contributed by atoms with Crippen LogP contribution in [0.5, 0.6) is 0 Å². The number of hydrogen-bond donors (Lipinski definition) is 4. The number of rotatable bonds is 8. The lowest BCUT2D eigenvalue weighted by Crippen LogP contribution is -2.33. The molecule has 0 heterocycles. The maximum Gasteiger partial charge on any atom is 0.196 e. The van der Waals surface area contributed by atoms with Crippen molar-refractivity contribution in [3.8, 4) is 0 Å². The fourth-order valence-electron chi connectivity index (χ4n) is 3.03. The Morgan fingerprint density at radius 1 is 0.833 bits per heavy atom. The van der Waals surface area contributed by atoms with E-state index in [2.05, 4.69) is 6.92 Å².